The van der Waals surface area contributed by atoms with E-state index in [2.05, 4.69) is 44.1 Å². The molecule has 100 valence electrons. The van der Waals surface area contributed by atoms with Gasteiger partial charge < -0.3 is 10.1 Å². The molecule has 0 saturated heterocycles. The highest BCUT2D eigenvalue weighted by Crippen LogP contribution is 2.25. The van der Waals surface area contributed by atoms with Crippen molar-refractivity contribution < 1.29 is 9.53 Å². The minimum absolute atomic E-state index is 0.0610. The molecule has 0 spiro atoms. The third kappa shape index (κ3) is 4.61. The van der Waals surface area contributed by atoms with E-state index in [1.165, 1.54) is 0 Å². The second-order valence-electron chi connectivity index (χ2n) is 3.90. The van der Waals surface area contributed by atoms with Crippen LogP contribution in [0.25, 0.3) is 0 Å². The van der Waals surface area contributed by atoms with Gasteiger partial charge >= 0.3 is 0 Å². The number of hydrogen-bond donors (Lipinski definition) is 1. The number of hydrogen-bond acceptors (Lipinski definition) is 2. The maximum Gasteiger partial charge on any atom is 0.251 e. The first kappa shape index (κ1) is 15.5. The molecule has 0 bridgehead atoms. The lowest BCUT2D eigenvalue weighted by Crippen LogP contribution is -2.25. The van der Waals surface area contributed by atoms with E-state index >= 15 is 0 Å². The predicted octanol–water partition coefficient (Wildman–Crippen LogP) is 3.75. The maximum absolute atomic E-state index is 11.9. The molecule has 0 radical (unpaired) electrons. The van der Waals surface area contributed by atoms with E-state index < -0.39 is 0 Å². The molecule has 18 heavy (non-hydrogen) atoms. The number of ether oxygens (including phenoxy) is 1. The SMILES string of the molecule is CCC(Br)CCNC(=O)c1ccc(OC)c(Br)c1. The summed E-state index contributed by atoms with van der Waals surface area (Å²) >= 11 is 6.90. The van der Waals surface area contributed by atoms with Crippen molar-refractivity contribution in [3.63, 3.8) is 0 Å². The normalized spacial score (nSPS) is 12.0. The van der Waals surface area contributed by atoms with Crippen LogP contribution in [-0.2, 0) is 0 Å². The molecule has 5 heteroatoms. The third-order valence-corrected chi connectivity index (χ3v) is 4.33. The summed E-state index contributed by atoms with van der Waals surface area (Å²) in [4.78, 5) is 12.3. The van der Waals surface area contributed by atoms with Crippen LogP contribution in [0.4, 0.5) is 0 Å². The van der Waals surface area contributed by atoms with Gasteiger partial charge in [-0.3, -0.25) is 4.79 Å². The first-order chi connectivity index (χ1) is 8.58. The summed E-state index contributed by atoms with van der Waals surface area (Å²) < 4.78 is 5.90. The number of methoxy groups -OCH3 is 1. The van der Waals surface area contributed by atoms with E-state index in [9.17, 15) is 4.79 Å². The molecule has 1 aromatic carbocycles. The van der Waals surface area contributed by atoms with E-state index in [0.717, 1.165) is 23.1 Å². The lowest BCUT2D eigenvalue weighted by atomic mass is 10.2. The monoisotopic (exact) mass is 377 g/mol. The van der Waals surface area contributed by atoms with Crippen molar-refractivity contribution in [1.82, 2.24) is 5.32 Å². The van der Waals surface area contributed by atoms with Crippen molar-refractivity contribution in [2.24, 2.45) is 0 Å². The van der Waals surface area contributed by atoms with Crippen LogP contribution in [0.2, 0.25) is 0 Å². The largest absolute Gasteiger partial charge is 0.496 e. The molecule has 1 rings (SSSR count). The van der Waals surface area contributed by atoms with Crippen molar-refractivity contribution in [3.8, 4) is 5.75 Å². The van der Waals surface area contributed by atoms with Gasteiger partial charge in [-0.1, -0.05) is 22.9 Å². The van der Waals surface area contributed by atoms with Crippen LogP contribution >= 0.6 is 31.9 Å². The Morgan fingerprint density at radius 2 is 2.22 bits per heavy atom. The molecule has 0 heterocycles. The summed E-state index contributed by atoms with van der Waals surface area (Å²) in [5.41, 5.74) is 0.630. The third-order valence-electron chi connectivity index (χ3n) is 2.60. The molecule has 0 aliphatic carbocycles. The fourth-order valence-corrected chi connectivity index (χ4v) is 2.23. The summed E-state index contributed by atoms with van der Waals surface area (Å²) in [5.74, 6) is 0.659. The van der Waals surface area contributed by atoms with Crippen LogP contribution in [0.3, 0.4) is 0 Å². The molecule has 1 amide bonds. The van der Waals surface area contributed by atoms with Crippen molar-refractivity contribution in [3.05, 3.63) is 28.2 Å². The van der Waals surface area contributed by atoms with E-state index in [1.54, 1.807) is 25.3 Å². The summed E-state index contributed by atoms with van der Waals surface area (Å²) in [6.07, 6.45) is 1.99. The predicted molar refractivity (Wildman–Crippen MR) is 80.7 cm³/mol. The zero-order valence-electron chi connectivity index (χ0n) is 10.5. The summed E-state index contributed by atoms with van der Waals surface area (Å²) in [6, 6.07) is 5.29. The van der Waals surface area contributed by atoms with Gasteiger partial charge in [0.2, 0.25) is 0 Å². The molecule has 1 atom stereocenters. The molecule has 1 N–H and O–H groups in total. The number of carbonyl (C=O) groups is 1. The van der Waals surface area contributed by atoms with Gasteiger partial charge in [-0.2, -0.15) is 0 Å². The topological polar surface area (TPSA) is 38.3 Å². The van der Waals surface area contributed by atoms with Crippen LogP contribution in [0.15, 0.2) is 22.7 Å². The van der Waals surface area contributed by atoms with Crippen LogP contribution in [0.1, 0.15) is 30.1 Å². The van der Waals surface area contributed by atoms with Crippen LogP contribution in [0.5, 0.6) is 5.75 Å². The van der Waals surface area contributed by atoms with Crippen LogP contribution in [-0.4, -0.2) is 24.4 Å². The molecule has 0 saturated carbocycles. The smallest absolute Gasteiger partial charge is 0.251 e. The van der Waals surface area contributed by atoms with Gasteiger partial charge in [-0.15, -0.1) is 0 Å². The van der Waals surface area contributed by atoms with E-state index in [-0.39, 0.29) is 5.91 Å². The van der Waals surface area contributed by atoms with Crippen molar-refractivity contribution in [2.75, 3.05) is 13.7 Å². The number of halogens is 2. The average Bonchev–Trinajstić information content (AvgIpc) is 2.38. The molecular weight excluding hydrogens is 362 g/mol. The second-order valence-corrected chi connectivity index (χ2v) is 6.05. The Bertz CT molecular complexity index is 410. The zero-order valence-corrected chi connectivity index (χ0v) is 13.7. The number of amides is 1. The fraction of sp³-hybridized carbons (Fsp3) is 0.462. The molecule has 0 aliphatic heterocycles. The van der Waals surface area contributed by atoms with Gasteiger partial charge in [0.1, 0.15) is 5.75 Å². The second kappa shape index (κ2) is 7.79. The molecule has 0 aromatic heterocycles. The van der Waals surface area contributed by atoms with E-state index in [0.29, 0.717) is 16.9 Å². The summed E-state index contributed by atoms with van der Waals surface area (Å²) in [6.45, 7) is 2.79. The van der Waals surface area contributed by atoms with Gasteiger partial charge in [-0.05, 0) is 47.0 Å². The Morgan fingerprint density at radius 1 is 1.50 bits per heavy atom. The number of nitrogens with one attached hydrogen (secondary N) is 1. The molecular formula is C13H17Br2NO2. The summed E-state index contributed by atoms with van der Waals surface area (Å²) in [7, 11) is 1.60. The highest BCUT2D eigenvalue weighted by molar-refractivity contribution is 9.10. The van der Waals surface area contributed by atoms with Gasteiger partial charge in [0.05, 0.1) is 11.6 Å². The highest BCUT2D eigenvalue weighted by Gasteiger charge is 2.09. The number of carbonyl (C=O) groups excluding carboxylic acids is 1. The Hall–Kier alpha value is -0.550. The van der Waals surface area contributed by atoms with Crippen molar-refractivity contribution in [2.45, 2.75) is 24.6 Å². The molecule has 0 fully saturated rings. The standard InChI is InChI=1S/C13H17Br2NO2/c1-3-10(14)6-7-16-13(17)9-4-5-12(18-2)11(15)8-9/h4-5,8,10H,3,6-7H2,1-2H3,(H,16,17). The van der Waals surface area contributed by atoms with Gasteiger partial charge in [0.15, 0.2) is 0 Å². The quantitative estimate of drug-likeness (QED) is 0.765. The van der Waals surface area contributed by atoms with Crippen molar-refractivity contribution in [1.29, 1.82) is 0 Å². The Morgan fingerprint density at radius 3 is 2.78 bits per heavy atom. The minimum atomic E-state index is -0.0610. The Labute approximate surface area is 125 Å². The number of alkyl halides is 1. The number of benzene rings is 1. The first-order valence-corrected chi connectivity index (χ1v) is 7.55. The van der Waals surface area contributed by atoms with Crippen LogP contribution < -0.4 is 10.1 Å². The van der Waals surface area contributed by atoms with Crippen molar-refractivity contribution >= 4 is 37.8 Å². The molecule has 3 nitrogen and oxygen atoms in total. The zero-order chi connectivity index (χ0) is 13.5. The van der Waals surface area contributed by atoms with Gasteiger partial charge in [0, 0.05) is 16.9 Å². The number of rotatable bonds is 6. The minimum Gasteiger partial charge on any atom is -0.496 e. The fourth-order valence-electron chi connectivity index (χ4n) is 1.46. The average molecular weight is 379 g/mol. The lowest BCUT2D eigenvalue weighted by Gasteiger charge is -2.09. The van der Waals surface area contributed by atoms with E-state index in [4.69, 9.17) is 4.74 Å². The lowest BCUT2D eigenvalue weighted by molar-refractivity contribution is 0.0953. The molecule has 1 unspecified atom stereocenters. The highest BCUT2D eigenvalue weighted by atomic mass is 79.9. The van der Waals surface area contributed by atoms with E-state index in [1.807, 2.05) is 0 Å². The molecule has 1 aromatic rings. The summed E-state index contributed by atoms with van der Waals surface area (Å²) in [5, 5.41) is 2.90. The van der Waals surface area contributed by atoms with Crippen LogP contribution in [0, 0.1) is 0 Å². The Balaban J connectivity index is 2.54. The Kier molecular flexibility index (Phi) is 6.71. The first-order valence-electron chi connectivity index (χ1n) is 5.84. The maximum atomic E-state index is 11.9. The van der Waals surface area contributed by atoms with Gasteiger partial charge in [-0.25, -0.2) is 0 Å². The van der Waals surface area contributed by atoms with Gasteiger partial charge in [0.25, 0.3) is 5.91 Å². The molecule has 0 aliphatic rings.